The highest BCUT2D eigenvalue weighted by atomic mass is 32.1. The minimum absolute atomic E-state index is 0.315. The van der Waals surface area contributed by atoms with Crippen molar-refractivity contribution in [2.45, 2.75) is 13.3 Å². The number of hydrogen-bond acceptors (Lipinski definition) is 4. The minimum Gasteiger partial charge on any atom is -0.372 e. The number of fused-ring (bicyclic) bond motifs is 1. The Kier molecular flexibility index (Phi) is 3.55. The van der Waals surface area contributed by atoms with Crippen LogP contribution in [0.4, 0.5) is 14.6 Å². The Balaban J connectivity index is 2.22. The maximum absolute atomic E-state index is 13.4. The van der Waals surface area contributed by atoms with Gasteiger partial charge in [-0.2, -0.15) is 0 Å². The predicted molar refractivity (Wildman–Crippen MR) is 81.7 cm³/mol. The van der Waals surface area contributed by atoms with Gasteiger partial charge in [0.1, 0.15) is 22.3 Å². The summed E-state index contributed by atoms with van der Waals surface area (Å²) < 4.78 is 26.7. The lowest BCUT2D eigenvalue weighted by atomic mass is 10.2. The molecular weight excluding hydrogens is 292 g/mol. The number of rotatable bonds is 3. The van der Waals surface area contributed by atoms with Crippen LogP contribution in [-0.2, 0) is 6.42 Å². The third-order valence-corrected chi connectivity index (χ3v) is 4.32. The molecule has 0 amide bonds. The molecule has 0 saturated carbocycles. The molecule has 2 aromatic heterocycles. The van der Waals surface area contributed by atoms with Gasteiger partial charge in [-0.15, -0.1) is 11.3 Å². The molecule has 0 aliphatic heterocycles. The lowest BCUT2D eigenvalue weighted by Crippen LogP contribution is -1.97. The smallest absolute Gasteiger partial charge is 0.163 e. The SMILES string of the molecule is CCc1cc2c(NC)nc(-c3cc(F)cc(F)c3)nc2s1. The Morgan fingerprint density at radius 1 is 1.10 bits per heavy atom. The molecule has 2 heterocycles. The number of aromatic nitrogens is 2. The van der Waals surface area contributed by atoms with Crippen molar-refractivity contribution in [2.24, 2.45) is 0 Å². The van der Waals surface area contributed by atoms with Crippen molar-refractivity contribution in [3.8, 4) is 11.4 Å². The number of aryl methyl sites for hydroxylation is 1. The fraction of sp³-hybridized carbons (Fsp3) is 0.200. The normalized spacial score (nSPS) is 11.0. The van der Waals surface area contributed by atoms with Crippen LogP contribution in [0.25, 0.3) is 21.6 Å². The van der Waals surface area contributed by atoms with Crippen LogP contribution in [0.1, 0.15) is 11.8 Å². The van der Waals surface area contributed by atoms with E-state index in [0.29, 0.717) is 17.2 Å². The first kappa shape index (κ1) is 13.9. The second kappa shape index (κ2) is 5.37. The summed E-state index contributed by atoms with van der Waals surface area (Å²) in [6, 6.07) is 5.35. The Morgan fingerprint density at radius 3 is 2.43 bits per heavy atom. The average molecular weight is 305 g/mol. The zero-order valence-electron chi connectivity index (χ0n) is 11.6. The Morgan fingerprint density at radius 2 is 1.81 bits per heavy atom. The first-order valence-electron chi connectivity index (χ1n) is 6.55. The quantitative estimate of drug-likeness (QED) is 0.786. The van der Waals surface area contributed by atoms with Crippen molar-refractivity contribution in [3.63, 3.8) is 0 Å². The summed E-state index contributed by atoms with van der Waals surface area (Å²) in [7, 11) is 1.76. The molecule has 0 bridgehead atoms. The molecule has 0 unspecified atom stereocenters. The summed E-state index contributed by atoms with van der Waals surface area (Å²) in [5.74, 6) is -0.300. The second-order valence-corrected chi connectivity index (χ2v) is 5.70. The first-order valence-corrected chi connectivity index (χ1v) is 7.37. The Bertz CT molecular complexity index is 794. The lowest BCUT2D eigenvalue weighted by molar-refractivity contribution is 0.584. The van der Waals surface area contributed by atoms with Gasteiger partial charge in [0.15, 0.2) is 5.82 Å². The van der Waals surface area contributed by atoms with E-state index in [1.807, 2.05) is 6.07 Å². The summed E-state index contributed by atoms with van der Waals surface area (Å²) in [5, 5.41) is 3.95. The highest BCUT2D eigenvalue weighted by molar-refractivity contribution is 7.18. The van der Waals surface area contributed by atoms with Gasteiger partial charge in [-0.25, -0.2) is 18.7 Å². The summed E-state index contributed by atoms with van der Waals surface area (Å²) in [6.45, 7) is 2.07. The van der Waals surface area contributed by atoms with E-state index in [9.17, 15) is 8.78 Å². The molecule has 3 rings (SSSR count). The van der Waals surface area contributed by atoms with Gasteiger partial charge < -0.3 is 5.32 Å². The first-order chi connectivity index (χ1) is 10.1. The summed E-state index contributed by atoms with van der Waals surface area (Å²) in [4.78, 5) is 10.8. The van der Waals surface area contributed by atoms with E-state index in [0.717, 1.165) is 22.7 Å². The van der Waals surface area contributed by atoms with Crippen LogP contribution in [0.5, 0.6) is 0 Å². The molecule has 0 spiro atoms. The largest absolute Gasteiger partial charge is 0.372 e. The van der Waals surface area contributed by atoms with E-state index in [-0.39, 0.29) is 0 Å². The zero-order chi connectivity index (χ0) is 15.0. The van der Waals surface area contributed by atoms with E-state index in [4.69, 9.17) is 0 Å². The van der Waals surface area contributed by atoms with Crippen LogP contribution < -0.4 is 5.32 Å². The molecular formula is C15H13F2N3S. The molecule has 3 aromatic rings. The van der Waals surface area contributed by atoms with Crippen LogP contribution >= 0.6 is 11.3 Å². The summed E-state index contributed by atoms with van der Waals surface area (Å²) in [5.41, 5.74) is 0.331. The molecule has 0 aliphatic rings. The van der Waals surface area contributed by atoms with Crippen molar-refractivity contribution in [2.75, 3.05) is 12.4 Å². The maximum Gasteiger partial charge on any atom is 0.163 e. The number of nitrogens with one attached hydrogen (secondary N) is 1. The second-order valence-electron chi connectivity index (χ2n) is 4.59. The van der Waals surface area contributed by atoms with E-state index in [1.54, 1.807) is 18.4 Å². The third-order valence-electron chi connectivity index (χ3n) is 3.15. The molecule has 0 atom stereocenters. The molecule has 108 valence electrons. The predicted octanol–water partition coefficient (Wildman–Crippen LogP) is 4.24. The van der Waals surface area contributed by atoms with E-state index >= 15 is 0 Å². The van der Waals surface area contributed by atoms with E-state index < -0.39 is 11.6 Å². The van der Waals surface area contributed by atoms with Gasteiger partial charge in [0, 0.05) is 23.6 Å². The van der Waals surface area contributed by atoms with Crippen LogP contribution in [-0.4, -0.2) is 17.0 Å². The van der Waals surface area contributed by atoms with Gasteiger partial charge in [-0.1, -0.05) is 6.92 Å². The van der Waals surface area contributed by atoms with Gasteiger partial charge in [0.05, 0.1) is 5.39 Å². The molecule has 0 aliphatic carbocycles. The third kappa shape index (κ3) is 2.58. The van der Waals surface area contributed by atoms with Crippen LogP contribution in [0.15, 0.2) is 24.3 Å². The molecule has 1 N–H and O–H groups in total. The number of halogens is 2. The van der Waals surface area contributed by atoms with Gasteiger partial charge in [-0.3, -0.25) is 0 Å². The van der Waals surface area contributed by atoms with E-state index in [1.165, 1.54) is 17.0 Å². The summed E-state index contributed by atoms with van der Waals surface area (Å²) in [6.07, 6.45) is 0.911. The Hall–Kier alpha value is -2.08. The topological polar surface area (TPSA) is 37.8 Å². The molecule has 0 fully saturated rings. The van der Waals surface area contributed by atoms with Gasteiger partial charge in [0.25, 0.3) is 0 Å². The van der Waals surface area contributed by atoms with Gasteiger partial charge in [0.2, 0.25) is 0 Å². The van der Waals surface area contributed by atoms with Crippen molar-refractivity contribution >= 4 is 27.4 Å². The van der Waals surface area contributed by atoms with Crippen LogP contribution in [0.3, 0.4) is 0 Å². The van der Waals surface area contributed by atoms with Crippen molar-refractivity contribution in [1.29, 1.82) is 0 Å². The minimum atomic E-state index is -0.639. The molecule has 0 radical (unpaired) electrons. The standard InChI is InChI=1S/C15H13F2N3S/c1-3-11-7-12-14(18-2)19-13(20-15(12)21-11)8-4-9(16)6-10(17)5-8/h4-7H,3H2,1-2H3,(H,18,19,20). The molecule has 3 nitrogen and oxygen atoms in total. The fourth-order valence-corrected chi connectivity index (χ4v) is 3.12. The van der Waals surface area contributed by atoms with Crippen LogP contribution in [0, 0.1) is 11.6 Å². The number of hydrogen-bond donors (Lipinski definition) is 1. The Labute approximate surface area is 124 Å². The lowest BCUT2D eigenvalue weighted by Gasteiger charge is -2.05. The highest BCUT2D eigenvalue weighted by Gasteiger charge is 2.13. The van der Waals surface area contributed by atoms with E-state index in [2.05, 4.69) is 22.2 Å². The fourth-order valence-electron chi connectivity index (χ4n) is 2.15. The molecule has 21 heavy (non-hydrogen) atoms. The van der Waals surface area contributed by atoms with Gasteiger partial charge >= 0.3 is 0 Å². The molecule has 6 heteroatoms. The average Bonchev–Trinajstić information content (AvgIpc) is 2.88. The molecule has 0 saturated heterocycles. The van der Waals surface area contributed by atoms with Crippen LogP contribution in [0.2, 0.25) is 0 Å². The monoisotopic (exact) mass is 305 g/mol. The van der Waals surface area contributed by atoms with Crippen molar-refractivity contribution in [1.82, 2.24) is 9.97 Å². The number of benzene rings is 1. The summed E-state index contributed by atoms with van der Waals surface area (Å²) >= 11 is 1.57. The van der Waals surface area contributed by atoms with Gasteiger partial charge in [-0.05, 0) is 24.6 Å². The number of nitrogens with zero attached hydrogens (tertiary/aromatic N) is 2. The highest BCUT2D eigenvalue weighted by Crippen LogP contribution is 2.31. The van der Waals surface area contributed by atoms with Crippen molar-refractivity contribution in [3.05, 3.63) is 40.8 Å². The van der Waals surface area contributed by atoms with Crippen molar-refractivity contribution < 1.29 is 8.78 Å². The number of thiophene rings is 1. The molecule has 1 aromatic carbocycles. The number of anilines is 1. The maximum atomic E-state index is 13.4. The zero-order valence-corrected chi connectivity index (χ0v) is 12.4.